The van der Waals surface area contributed by atoms with Gasteiger partial charge in [0.15, 0.2) is 0 Å². The number of nitrogens with one attached hydrogen (secondary N) is 1. The standard InChI is InChI=1S/C17H33N3O3S/c1-4-19(5-2)24(22,23)20-12-10-15(11-13-20)17(21)18-16-8-6-14(3)7-9-16/h14-16H,4-13H2,1-3H3,(H,18,21). The average Bonchev–Trinajstić information content (AvgIpc) is 2.58. The minimum absolute atomic E-state index is 0.0486. The fourth-order valence-electron chi connectivity index (χ4n) is 3.79. The normalized spacial score (nSPS) is 27.3. The summed E-state index contributed by atoms with van der Waals surface area (Å²) in [7, 11) is -3.37. The van der Waals surface area contributed by atoms with Crippen LogP contribution in [0.4, 0.5) is 0 Å². The molecule has 2 rings (SSSR count). The Morgan fingerprint density at radius 2 is 1.58 bits per heavy atom. The predicted octanol–water partition coefficient (Wildman–Crippen LogP) is 1.98. The minimum atomic E-state index is -3.37. The molecule has 0 aromatic heterocycles. The van der Waals surface area contributed by atoms with Crippen LogP contribution >= 0.6 is 0 Å². The molecule has 1 aliphatic heterocycles. The van der Waals surface area contributed by atoms with Gasteiger partial charge in [-0.25, -0.2) is 0 Å². The number of hydrogen-bond acceptors (Lipinski definition) is 3. The summed E-state index contributed by atoms with van der Waals surface area (Å²) < 4.78 is 28.1. The van der Waals surface area contributed by atoms with Crippen molar-refractivity contribution in [3.8, 4) is 0 Å². The lowest BCUT2D eigenvalue weighted by atomic mass is 9.87. The van der Waals surface area contributed by atoms with Gasteiger partial charge in [-0.2, -0.15) is 17.0 Å². The van der Waals surface area contributed by atoms with Crippen LogP contribution in [0.5, 0.6) is 0 Å². The van der Waals surface area contributed by atoms with Gasteiger partial charge in [-0.05, 0) is 44.4 Å². The summed E-state index contributed by atoms with van der Waals surface area (Å²) in [5.74, 6) is 0.841. The zero-order chi connectivity index (χ0) is 17.7. The second-order valence-electron chi connectivity index (χ2n) is 7.23. The average molecular weight is 360 g/mol. The van der Waals surface area contributed by atoms with Crippen molar-refractivity contribution in [1.29, 1.82) is 0 Å². The summed E-state index contributed by atoms with van der Waals surface area (Å²) in [5.41, 5.74) is 0. The van der Waals surface area contributed by atoms with E-state index >= 15 is 0 Å². The molecule has 2 aliphatic rings. The summed E-state index contributed by atoms with van der Waals surface area (Å²) in [6, 6.07) is 0.311. The second kappa shape index (κ2) is 8.63. The van der Waals surface area contributed by atoms with Gasteiger partial charge in [0, 0.05) is 38.1 Å². The van der Waals surface area contributed by atoms with Crippen LogP contribution in [-0.2, 0) is 15.0 Å². The van der Waals surface area contributed by atoms with Gasteiger partial charge in [0.05, 0.1) is 0 Å². The van der Waals surface area contributed by atoms with Crippen molar-refractivity contribution in [3.05, 3.63) is 0 Å². The van der Waals surface area contributed by atoms with Crippen LogP contribution in [-0.4, -0.2) is 55.2 Å². The monoisotopic (exact) mass is 359 g/mol. The molecule has 2 fully saturated rings. The maximum Gasteiger partial charge on any atom is 0.281 e. The van der Waals surface area contributed by atoms with Gasteiger partial charge < -0.3 is 5.32 Å². The molecule has 1 amide bonds. The summed E-state index contributed by atoms with van der Waals surface area (Å²) in [5, 5.41) is 3.19. The molecule has 0 unspecified atom stereocenters. The first-order valence-electron chi connectivity index (χ1n) is 9.44. The quantitative estimate of drug-likeness (QED) is 0.788. The summed E-state index contributed by atoms with van der Waals surface area (Å²) in [6.45, 7) is 7.83. The highest BCUT2D eigenvalue weighted by atomic mass is 32.2. The summed E-state index contributed by atoms with van der Waals surface area (Å²) in [4.78, 5) is 12.5. The first kappa shape index (κ1) is 19.7. The van der Waals surface area contributed by atoms with Crippen LogP contribution in [0.15, 0.2) is 0 Å². The van der Waals surface area contributed by atoms with E-state index in [9.17, 15) is 13.2 Å². The highest BCUT2D eigenvalue weighted by Crippen LogP contribution is 2.25. The smallest absolute Gasteiger partial charge is 0.281 e. The molecule has 0 spiro atoms. The van der Waals surface area contributed by atoms with Gasteiger partial charge in [-0.3, -0.25) is 4.79 Å². The Bertz CT molecular complexity index is 503. The third kappa shape index (κ3) is 4.70. The molecule has 0 radical (unpaired) electrons. The highest BCUT2D eigenvalue weighted by molar-refractivity contribution is 7.86. The van der Waals surface area contributed by atoms with Crippen LogP contribution in [0.25, 0.3) is 0 Å². The number of piperidine rings is 1. The molecule has 7 heteroatoms. The van der Waals surface area contributed by atoms with E-state index in [1.54, 1.807) is 0 Å². The van der Waals surface area contributed by atoms with Gasteiger partial charge in [-0.1, -0.05) is 20.8 Å². The van der Waals surface area contributed by atoms with E-state index in [2.05, 4.69) is 12.2 Å². The molecule has 0 atom stereocenters. The van der Waals surface area contributed by atoms with E-state index in [-0.39, 0.29) is 11.8 Å². The number of carbonyl (C=O) groups is 1. The Labute approximate surface area is 147 Å². The molecule has 0 aromatic rings. The largest absolute Gasteiger partial charge is 0.353 e. The lowest BCUT2D eigenvalue weighted by molar-refractivity contribution is -0.127. The molecule has 1 aliphatic carbocycles. The molecule has 0 aromatic carbocycles. The number of hydrogen-bond donors (Lipinski definition) is 1. The Morgan fingerprint density at radius 1 is 1.04 bits per heavy atom. The first-order chi connectivity index (χ1) is 11.4. The zero-order valence-corrected chi connectivity index (χ0v) is 16.1. The van der Waals surface area contributed by atoms with Crippen LogP contribution in [0.2, 0.25) is 0 Å². The molecule has 1 N–H and O–H groups in total. The van der Waals surface area contributed by atoms with Gasteiger partial charge in [0.1, 0.15) is 0 Å². The van der Waals surface area contributed by atoms with E-state index in [1.165, 1.54) is 21.5 Å². The van der Waals surface area contributed by atoms with Crippen molar-refractivity contribution < 1.29 is 13.2 Å². The molecule has 1 heterocycles. The molecule has 6 nitrogen and oxygen atoms in total. The van der Waals surface area contributed by atoms with E-state index < -0.39 is 10.2 Å². The maximum atomic E-state index is 12.5. The summed E-state index contributed by atoms with van der Waals surface area (Å²) in [6.07, 6.45) is 5.76. The van der Waals surface area contributed by atoms with Crippen LogP contribution < -0.4 is 5.32 Å². The van der Waals surface area contributed by atoms with E-state index in [4.69, 9.17) is 0 Å². The molecular formula is C17H33N3O3S. The second-order valence-corrected chi connectivity index (χ2v) is 9.16. The highest BCUT2D eigenvalue weighted by Gasteiger charge is 2.34. The lowest BCUT2D eigenvalue weighted by Gasteiger charge is -2.35. The number of carbonyl (C=O) groups excluding carboxylic acids is 1. The first-order valence-corrected chi connectivity index (χ1v) is 10.8. The van der Waals surface area contributed by atoms with Crippen molar-refractivity contribution in [3.63, 3.8) is 0 Å². The number of nitrogens with zero attached hydrogens (tertiary/aromatic N) is 2. The van der Waals surface area contributed by atoms with Crippen LogP contribution in [0, 0.1) is 11.8 Å². The SMILES string of the molecule is CCN(CC)S(=O)(=O)N1CCC(C(=O)NC2CCC(C)CC2)CC1. The fraction of sp³-hybridized carbons (Fsp3) is 0.941. The molecule has 140 valence electrons. The molecular weight excluding hydrogens is 326 g/mol. The predicted molar refractivity (Wildman–Crippen MR) is 95.7 cm³/mol. The van der Waals surface area contributed by atoms with Crippen LogP contribution in [0.1, 0.15) is 59.3 Å². The Morgan fingerprint density at radius 3 is 2.08 bits per heavy atom. The lowest BCUT2D eigenvalue weighted by Crippen LogP contribution is -2.49. The number of amides is 1. The van der Waals surface area contributed by atoms with Crippen molar-refractivity contribution in [2.45, 2.75) is 65.3 Å². The van der Waals surface area contributed by atoms with Crippen molar-refractivity contribution in [1.82, 2.24) is 13.9 Å². The van der Waals surface area contributed by atoms with Crippen LogP contribution in [0.3, 0.4) is 0 Å². The number of rotatable bonds is 6. The van der Waals surface area contributed by atoms with Crippen molar-refractivity contribution in [2.24, 2.45) is 11.8 Å². The Balaban J connectivity index is 1.82. The molecule has 1 saturated carbocycles. The van der Waals surface area contributed by atoms with E-state index in [0.717, 1.165) is 18.8 Å². The van der Waals surface area contributed by atoms with Crippen molar-refractivity contribution in [2.75, 3.05) is 26.2 Å². The third-order valence-electron chi connectivity index (χ3n) is 5.54. The third-order valence-corrected chi connectivity index (χ3v) is 7.73. The van der Waals surface area contributed by atoms with E-state index in [1.807, 2.05) is 13.8 Å². The Hall–Kier alpha value is -0.660. The van der Waals surface area contributed by atoms with Gasteiger partial charge in [-0.15, -0.1) is 0 Å². The summed E-state index contributed by atoms with van der Waals surface area (Å²) >= 11 is 0. The van der Waals surface area contributed by atoms with Gasteiger partial charge in [0.25, 0.3) is 10.2 Å². The zero-order valence-electron chi connectivity index (χ0n) is 15.3. The minimum Gasteiger partial charge on any atom is -0.353 e. The van der Waals surface area contributed by atoms with Gasteiger partial charge in [0.2, 0.25) is 5.91 Å². The fourth-order valence-corrected chi connectivity index (χ4v) is 5.44. The van der Waals surface area contributed by atoms with Gasteiger partial charge >= 0.3 is 0 Å². The molecule has 0 bridgehead atoms. The molecule has 24 heavy (non-hydrogen) atoms. The topological polar surface area (TPSA) is 69.7 Å². The Kier molecular flexibility index (Phi) is 7.07. The molecule has 1 saturated heterocycles. The maximum absolute atomic E-state index is 12.5. The van der Waals surface area contributed by atoms with E-state index in [0.29, 0.717) is 45.1 Å². The van der Waals surface area contributed by atoms with Crippen molar-refractivity contribution >= 4 is 16.1 Å².